The molecule has 0 radical (unpaired) electrons. The van der Waals surface area contributed by atoms with E-state index in [1.165, 1.54) is 56.4 Å². The lowest BCUT2D eigenvalue weighted by atomic mass is 10.0. The number of halogens is 1. The molecule has 20 heavy (non-hydrogen) atoms. The first-order valence-corrected chi connectivity index (χ1v) is 8.27. The minimum atomic E-state index is 0.659. The monoisotopic (exact) mass is 294 g/mol. The van der Waals surface area contributed by atoms with E-state index in [9.17, 15) is 0 Å². The van der Waals surface area contributed by atoms with E-state index in [4.69, 9.17) is 11.6 Å². The summed E-state index contributed by atoms with van der Waals surface area (Å²) in [5, 5.41) is 4.53. The molecule has 0 aliphatic carbocycles. The Balaban J connectivity index is 1.73. The van der Waals surface area contributed by atoms with E-state index in [1.807, 2.05) is 6.07 Å². The van der Waals surface area contributed by atoms with Gasteiger partial charge in [0.15, 0.2) is 0 Å². The molecule has 1 aliphatic rings. The SMILES string of the molecule is CCCCN1CCC(NCc2cc(C)cc(Cl)c2)CC1. The smallest absolute Gasteiger partial charge is 0.0411 e. The minimum absolute atomic E-state index is 0.659. The summed E-state index contributed by atoms with van der Waals surface area (Å²) < 4.78 is 0. The molecular weight excluding hydrogens is 268 g/mol. The van der Waals surface area contributed by atoms with Crippen LogP contribution in [0.2, 0.25) is 5.02 Å². The third-order valence-electron chi connectivity index (χ3n) is 4.11. The van der Waals surface area contributed by atoms with Gasteiger partial charge in [-0.2, -0.15) is 0 Å². The molecule has 2 nitrogen and oxygen atoms in total. The molecule has 1 saturated heterocycles. The molecule has 1 heterocycles. The maximum absolute atomic E-state index is 6.10. The van der Waals surface area contributed by atoms with Crippen molar-refractivity contribution in [3.8, 4) is 0 Å². The van der Waals surface area contributed by atoms with Gasteiger partial charge in [0.05, 0.1) is 0 Å². The van der Waals surface area contributed by atoms with Crippen molar-refractivity contribution >= 4 is 11.6 Å². The molecule has 1 aromatic rings. The molecule has 0 saturated carbocycles. The largest absolute Gasteiger partial charge is 0.310 e. The summed E-state index contributed by atoms with van der Waals surface area (Å²) in [4.78, 5) is 2.60. The van der Waals surface area contributed by atoms with E-state index in [-0.39, 0.29) is 0 Å². The van der Waals surface area contributed by atoms with Gasteiger partial charge in [-0.15, -0.1) is 0 Å². The van der Waals surface area contributed by atoms with Gasteiger partial charge in [0, 0.05) is 17.6 Å². The van der Waals surface area contributed by atoms with Crippen LogP contribution in [0.5, 0.6) is 0 Å². The number of hydrogen-bond donors (Lipinski definition) is 1. The number of nitrogens with zero attached hydrogens (tertiary/aromatic N) is 1. The Morgan fingerprint density at radius 3 is 2.65 bits per heavy atom. The van der Waals surface area contributed by atoms with Crippen LogP contribution in [0.25, 0.3) is 0 Å². The van der Waals surface area contributed by atoms with E-state index in [0.717, 1.165) is 11.6 Å². The molecule has 0 aromatic heterocycles. The molecule has 0 amide bonds. The third kappa shape index (κ3) is 5.08. The predicted molar refractivity (Wildman–Crippen MR) is 87.4 cm³/mol. The molecule has 112 valence electrons. The summed E-state index contributed by atoms with van der Waals surface area (Å²) >= 11 is 6.10. The fourth-order valence-electron chi connectivity index (χ4n) is 2.92. The number of unbranched alkanes of at least 4 members (excludes halogenated alkanes) is 1. The number of hydrogen-bond acceptors (Lipinski definition) is 2. The summed E-state index contributed by atoms with van der Waals surface area (Å²) in [7, 11) is 0. The quantitative estimate of drug-likeness (QED) is 0.853. The molecule has 1 fully saturated rings. The molecule has 0 unspecified atom stereocenters. The Bertz CT molecular complexity index is 391. The summed E-state index contributed by atoms with van der Waals surface area (Å²) in [6.07, 6.45) is 5.17. The van der Waals surface area contributed by atoms with Gasteiger partial charge >= 0.3 is 0 Å². The molecule has 0 spiro atoms. The lowest BCUT2D eigenvalue weighted by Gasteiger charge is -2.32. The summed E-state index contributed by atoms with van der Waals surface area (Å²) in [6, 6.07) is 6.96. The van der Waals surface area contributed by atoms with Crippen LogP contribution in [0.4, 0.5) is 0 Å². The summed E-state index contributed by atoms with van der Waals surface area (Å²) in [5.74, 6) is 0. The normalized spacial score (nSPS) is 17.6. The highest BCUT2D eigenvalue weighted by Crippen LogP contribution is 2.16. The van der Waals surface area contributed by atoms with Gasteiger partial charge in [-0.3, -0.25) is 0 Å². The topological polar surface area (TPSA) is 15.3 Å². The molecule has 1 aromatic carbocycles. The van der Waals surface area contributed by atoms with Crippen molar-refractivity contribution in [1.82, 2.24) is 10.2 Å². The fourth-order valence-corrected chi connectivity index (χ4v) is 3.23. The van der Waals surface area contributed by atoms with E-state index < -0.39 is 0 Å². The zero-order valence-corrected chi connectivity index (χ0v) is 13.5. The Labute approximate surface area is 128 Å². The standard InChI is InChI=1S/C17H27ClN2/c1-3-4-7-20-8-5-17(6-9-20)19-13-15-10-14(2)11-16(18)12-15/h10-12,17,19H,3-9,13H2,1-2H3. The van der Waals surface area contributed by atoms with Crippen molar-refractivity contribution in [1.29, 1.82) is 0 Å². The van der Waals surface area contributed by atoms with Crippen LogP contribution in [-0.4, -0.2) is 30.6 Å². The first-order chi connectivity index (χ1) is 9.67. The highest BCUT2D eigenvalue weighted by molar-refractivity contribution is 6.30. The number of benzene rings is 1. The van der Waals surface area contributed by atoms with Gasteiger partial charge in [-0.05, 0) is 69.1 Å². The van der Waals surface area contributed by atoms with Crippen molar-refractivity contribution in [2.75, 3.05) is 19.6 Å². The minimum Gasteiger partial charge on any atom is -0.310 e. The van der Waals surface area contributed by atoms with Crippen LogP contribution in [0.1, 0.15) is 43.7 Å². The zero-order valence-electron chi connectivity index (χ0n) is 12.8. The number of aryl methyl sites for hydroxylation is 1. The molecule has 0 bridgehead atoms. The summed E-state index contributed by atoms with van der Waals surface area (Å²) in [6.45, 7) is 9.05. The Hall–Kier alpha value is -0.570. The van der Waals surface area contributed by atoms with E-state index in [1.54, 1.807) is 0 Å². The van der Waals surface area contributed by atoms with Crippen LogP contribution in [-0.2, 0) is 6.54 Å². The third-order valence-corrected chi connectivity index (χ3v) is 4.33. The predicted octanol–water partition coefficient (Wildman–Crippen LogP) is 4.00. The number of nitrogens with one attached hydrogen (secondary N) is 1. The molecule has 1 aliphatic heterocycles. The highest BCUT2D eigenvalue weighted by Gasteiger charge is 2.18. The molecule has 0 atom stereocenters. The maximum atomic E-state index is 6.10. The van der Waals surface area contributed by atoms with Gasteiger partial charge in [0.2, 0.25) is 0 Å². The number of likely N-dealkylation sites (tertiary alicyclic amines) is 1. The van der Waals surface area contributed by atoms with Crippen molar-refractivity contribution in [3.63, 3.8) is 0 Å². The van der Waals surface area contributed by atoms with Crippen LogP contribution >= 0.6 is 11.6 Å². The van der Waals surface area contributed by atoms with Crippen LogP contribution in [0.3, 0.4) is 0 Å². The van der Waals surface area contributed by atoms with Crippen LogP contribution in [0, 0.1) is 6.92 Å². The van der Waals surface area contributed by atoms with Gasteiger partial charge < -0.3 is 10.2 Å². The first kappa shape index (κ1) is 15.8. The van der Waals surface area contributed by atoms with Crippen molar-refractivity contribution in [3.05, 3.63) is 34.3 Å². The van der Waals surface area contributed by atoms with E-state index >= 15 is 0 Å². The van der Waals surface area contributed by atoms with E-state index in [0.29, 0.717) is 6.04 Å². The summed E-state index contributed by atoms with van der Waals surface area (Å²) in [5.41, 5.74) is 2.53. The second-order valence-electron chi connectivity index (χ2n) is 5.99. The lowest BCUT2D eigenvalue weighted by Crippen LogP contribution is -2.42. The number of piperidine rings is 1. The Kier molecular flexibility index (Phi) is 6.34. The molecule has 2 rings (SSSR count). The number of rotatable bonds is 6. The Morgan fingerprint density at radius 2 is 2.00 bits per heavy atom. The van der Waals surface area contributed by atoms with Crippen molar-refractivity contribution in [2.24, 2.45) is 0 Å². The second-order valence-corrected chi connectivity index (χ2v) is 6.42. The van der Waals surface area contributed by atoms with Crippen LogP contribution in [0.15, 0.2) is 18.2 Å². The van der Waals surface area contributed by atoms with Crippen molar-refractivity contribution in [2.45, 2.75) is 52.1 Å². The molecule has 1 N–H and O–H groups in total. The van der Waals surface area contributed by atoms with Gasteiger partial charge in [-0.1, -0.05) is 31.0 Å². The highest BCUT2D eigenvalue weighted by atomic mass is 35.5. The fraction of sp³-hybridized carbons (Fsp3) is 0.647. The zero-order chi connectivity index (χ0) is 14.4. The second kappa shape index (κ2) is 8.02. The molecule has 3 heteroatoms. The van der Waals surface area contributed by atoms with Gasteiger partial charge in [-0.25, -0.2) is 0 Å². The molecular formula is C17H27ClN2. The average Bonchev–Trinajstić information content (AvgIpc) is 2.43. The lowest BCUT2D eigenvalue weighted by molar-refractivity contribution is 0.195. The van der Waals surface area contributed by atoms with E-state index in [2.05, 4.69) is 36.2 Å². The average molecular weight is 295 g/mol. The van der Waals surface area contributed by atoms with Crippen LogP contribution < -0.4 is 5.32 Å². The van der Waals surface area contributed by atoms with Crippen molar-refractivity contribution < 1.29 is 0 Å². The maximum Gasteiger partial charge on any atom is 0.0411 e. The van der Waals surface area contributed by atoms with Gasteiger partial charge in [0.25, 0.3) is 0 Å². The van der Waals surface area contributed by atoms with Gasteiger partial charge in [0.1, 0.15) is 0 Å². The Morgan fingerprint density at radius 1 is 1.25 bits per heavy atom. The first-order valence-electron chi connectivity index (χ1n) is 7.89.